The molecule has 0 radical (unpaired) electrons. The molecule has 4 nitrogen and oxygen atoms in total. The zero-order valence-corrected chi connectivity index (χ0v) is 29.4. The largest absolute Gasteiger partial charge is 0.478 e. The van der Waals surface area contributed by atoms with Gasteiger partial charge in [-0.3, -0.25) is 9.59 Å². The van der Waals surface area contributed by atoms with Crippen LogP contribution in [0.2, 0.25) is 0 Å². The highest BCUT2D eigenvalue weighted by molar-refractivity contribution is 6.06. The molecule has 0 bridgehead atoms. The number of aromatic carboxylic acids is 1. The average molecular weight is 751 g/mol. The second-order valence-electron chi connectivity index (χ2n) is 13.2. The van der Waals surface area contributed by atoms with Gasteiger partial charge in [0.05, 0.1) is 5.56 Å². The molecular formula is C40H35F9O4. The van der Waals surface area contributed by atoms with E-state index >= 15 is 0 Å². The number of ketones is 2. The Kier molecular flexibility index (Phi) is 11.1. The van der Waals surface area contributed by atoms with Gasteiger partial charge in [0, 0.05) is 24.0 Å². The van der Waals surface area contributed by atoms with Crippen molar-refractivity contribution >= 4 is 17.5 Å². The van der Waals surface area contributed by atoms with Gasteiger partial charge in [-0.1, -0.05) is 67.6 Å². The molecule has 0 heterocycles. The van der Waals surface area contributed by atoms with Crippen molar-refractivity contribution in [3.8, 4) is 0 Å². The number of hydrogen-bond donors (Lipinski definition) is 1. The summed E-state index contributed by atoms with van der Waals surface area (Å²) < 4.78 is 133. The van der Waals surface area contributed by atoms with E-state index < -0.39 is 76.1 Å². The summed E-state index contributed by atoms with van der Waals surface area (Å²) >= 11 is 0. The summed E-state index contributed by atoms with van der Waals surface area (Å²) in [6.07, 6.45) is -17.5. The number of hydrogen-bond acceptors (Lipinski definition) is 3. The summed E-state index contributed by atoms with van der Waals surface area (Å²) in [7, 11) is 0. The van der Waals surface area contributed by atoms with Gasteiger partial charge in [0.25, 0.3) is 0 Å². The number of carboxylic acids is 1. The molecular weight excluding hydrogens is 715 g/mol. The Morgan fingerprint density at radius 2 is 1.08 bits per heavy atom. The number of aryl methyl sites for hydroxylation is 5. The highest BCUT2D eigenvalue weighted by atomic mass is 19.4. The van der Waals surface area contributed by atoms with Crippen LogP contribution in [0.5, 0.6) is 0 Å². The van der Waals surface area contributed by atoms with Crippen molar-refractivity contribution in [1.82, 2.24) is 0 Å². The van der Waals surface area contributed by atoms with Crippen molar-refractivity contribution in [1.29, 1.82) is 0 Å². The maximum Gasteiger partial charge on any atom is 0.411 e. The molecule has 282 valence electrons. The number of carboxylic acid groups (broad SMARTS) is 1. The molecule has 0 spiro atoms. The van der Waals surface area contributed by atoms with E-state index in [0.29, 0.717) is 46.5 Å². The van der Waals surface area contributed by atoms with Gasteiger partial charge in [-0.15, -0.1) is 0 Å². The van der Waals surface area contributed by atoms with E-state index in [1.54, 1.807) is 26.8 Å². The second-order valence-corrected chi connectivity index (χ2v) is 13.2. The summed E-state index contributed by atoms with van der Waals surface area (Å²) in [6.45, 7) is 9.39. The molecule has 53 heavy (non-hydrogen) atoms. The third-order valence-corrected chi connectivity index (χ3v) is 9.70. The van der Waals surface area contributed by atoms with Gasteiger partial charge in [-0.05, 0) is 96.3 Å². The van der Waals surface area contributed by atoms with Gasteiger partial charge in [-0.25, -0.2) is 4.79 Å². The maximum absolute atomic E-state index is 14.8. The van der Waals surface area contributed by atoms with Crippen LogP contribution >= 0.6 is 0 Å². The standard InChI is InChI=1S/C40H35F9O4/c1-7-33(50)29-13-12-28(19-32(29)36(52)53)37(39(44,45)46,40(47,48)49)27-10-8-25(9-11-27)34(51)18-26-15-24(6)31(17-22(26)4)35(38(41,42)43)30-16-21(3)20(2)14-23(30)5/h8-17,19,35H,7,18H2,1-6H3,(H,52,53). The molecule has 0 aliphatic heterocycles. The second kappa shape index (κ2) is 14.5. The lowest BCUT2D eigenvalue weighted by Gasteiger charge is -2.38. The zero-order chi connectivity index (χ0) is 40.0. The molecule has 0 fully saturated rings. The van der Waals surface area contributed by atoms with Gasteiger partial charge in [0.1, 0.15) is 5.92 Å². The Morgan fingerprint density at radius 3 is 1.57 bits per heavy atom. The van der Waals surface area contributed by atoms with Crippen molar-refractivity contribution in [2.75, 3.05) is 0 Å². The van der Waals surface area contributed by atoms with E-state index in [1.165, 1.54) is 39.0 Å². The van der Waals surface area contributed by atoms with E-state index in [1.807, 2.05) is 0 Å². The molecule has 1 N–H and O–H groups in total. The molecule has 1 unspecified atom stereocenters. The first-order chi connectivity index (χ1) is 24.4. The maximum atomic E-state index is 14.8. The average Bonchev–Trinajstić information content (AvgIpc) is 3.03. The molecule has 0 saturated heterocycles. The molecule has 1 atom stereocenters. The number of halogens is 9. The van der Waals surface area contributed by atoms with Crippen LogP contribution in [0.15, 0.2) is 66.7 Å². The number of Topliss-reactive ketones (excluding diaryl/α,β-unsaturated/α-hetero) is 2. The molecule has 0 aromatic heterocycles. The number of rotatable bonds is 10. The highest BCUT2D eigenvalue weighted by Crippen LogP contribution is 2.56. The Bertz CT molecular complexity index is 2060. The Labute approximate surface area is 299 Å². The molecule has 4 aromatic rings. The predicted molar refractivity (Wildman–Crippen MR) is 180 cm³/mol. The van der Waals surface area contributed by atoms with E-state index in [4.69, 9.17) is 0 Å². The fourth-order valence-electron chi connectivity index (χ4n) is 6.77. The summed E-state index contributed by atoms with van der Waals surface area (Å²) in [5.41, 5.74) is -6.65. The SMILES string of the molecule is CCC(=O)c1ccc(C(c2ccc(C(=O)Cc3cc(C)c(C(c4cc(C)c(C)cc4C)C(F)(F)F)cc3C)cc2)(C(F)(F)F)C(F)(F)F)cc1C(=O)O. The minimum Gasteiger partial charge on any atom is -0.478 e. The van der Waals surface area contributed by atoms with Gasteiger partial charge < -0.3 is 5.11 Å². The number of carbonyl (C=O) groups is 3. The lowest BCUT2D eigenvalue weighted by molar-refractivity contribution is -0.288. The van der Waals surface area contributed by atoms with Crippen molar-refractivity contribution in [3.05, 3.63) is 139 Å². The Hall–Kier alpha value is -4.94. The molecule has 0 aliphatic carbocycles. The van der Waals surface area contributed by atoms with Crippen LogP contribution in [0.1, 0.15) is 106 Å². The fourth-order valence-corrected chi connectivity index (χ4v) is 6.77. The van der Waals surface area contributed by atoms with Crippen LogP contribution in [0.25, 0.3) is 0 Å². The minimum atomic E-state index is -6.08. The molecule has 0 aliphatic rings. The van der Waals surface area contributed by atoms with Gasteiger partial charge in [0.2, 0.25) is 5.41 Å². The number of carbonyl (C=O) groups excluding carboxylic acids is 2. The van der Waals surface area contributed by atoms with E-state index in [2.05, 4.69) is 0 Å². The third-order valence-electron chi connectivity index (χ3n) is 9.70. The molecule has 0 amide bonds. The topological polar surface area (TPSA) is 71.4 Å². The Morgan fingerprint density at radius 1 is 0.585 bits per heavy atom. The normalized spacial score (nSPS) is 13.2. The third kappa shape index (κ3) is 7.61. The lowest BCUT2D eigenvalue weighted by atomic mass is 9.72. The predicted octanol–water partition coefficient (Wildman–Crippen LogP) is 11.0. The Balaban J connectivity index is 1.76. The smallest absolute Gasteiger partial charge is 0.411 e. The first-order valence-corrected chi connectivity index (χ1v) is 16.3. The van der Waals surface area contributed by atoms with Crippen molar-refractivity contribution in [3.63, 3.8) is 0 Å². The van der Waals surface area contributed by atoms with Crippen LogP contribution in [-0.4, -0.2) is 41.2 Å². The van der Waals surface area contributed by atoms with Crippen molar-refractivity contribution in [2.24, 2.45) is 0 Å². The quantitative estimate of drug-likeness (QED) is 0.129. The zero-order valence-electron chi connectivity index (χ0n) is 29.4. The lowest BCUT2D eigenvalue weighted by Crippen LogP contribution is -2.54. The van der Waals surface area contributed by atoms with Crippen molar-refractivity contribution < 1.29 is 59.0 Å². The molecule has 13 heteroatoms. The van der Waals surface area contributed by atoms with Gasteiger partial charge >= 0.3 is 24.5 Å². The van der Waals surface area contributed by atoms with E-state index in [9.17, 15) is 59.0 Å². The number of alkyl halides is 9. The number of benzene rings is 4. The summed E-state index contributed by atoms with van der Waals surface area (Å²) in [6, 6.07) is 9.63. The van der Waals surface area contributed by atoms with E-state index in [-0.39, 0.29) is 34.7 Å². The molecule has 4 rings (SSSR count). The molecule has 4 aromatic carbocycles. The first-order valence-electron chi connectivity index (χ1n) is 16.3. The van der Waals surface area contributed by atoms with Crippen LogP contribution in [-0.2, 0) is 11.8 Å². The first kappa shape index (κ1) is 40.8. The van der Waals surface area contributed by atoms with Crippen molar-refractivity contribution in [2.45, 2.75) is 84.2 Å². The minimum absolute atomic E-state index is 0.0318. The van der Waals surface area contributed by atoms with E-state index in [0.717, 1.165) is 17.7 Å². The van der Waals surface area contributed by atoms with Crippen LogP contribution in [0, 0.1) is 34.6 Å². The monoisotopic (exact) mass is 750 g/mol. The summed E-state index contributed by atoms with van der Waals surface area (Å²) in [5, 5.41) is 9.59. The van der Waals surface area contributed by atoms with Gasteiger partial charge in [-0.2, -0.15) is 39.5 Å². The summed E-state index contributed by atoms with van der Waals surface area (Å²) in [5.74, 6) is -5.42. The van der Waals surface area contributed by atoms with Crippen LogP contribution in [0.3, 0.4) is 0 Å². The highest BCUT2D eigenvalue weighted by Gasteiger charge is 2.72. The van der Waals surface area contributed by atoms with Crippen LogP contribution < -0.4 is 0 Å². The van der Waals surface area contributed by atoms with Crippen LogP contribution in [0.4, 0.5) is 39.5 Å². The molecule has 0 saturated carbocycles. The van der Waals surface area contributed by atoms with Gasteiger partial charge in [0.15, 0.2) is 11.6 Å². The fraction of sp³-hybridized carbons (Fsp3) is 0.325. The summed E-state index contributed by atoms with van der Waals surface area (Å²) in [4.78, 5) is 37.4.